The van der Waals surface area contributed by atoms with Gasteiger partial charge in [-0.3, -0.25) is 9.67 Å². The van der Waals surface area contributed by atoms with E-state index in [0.29, 0.717) is 11.5 Å². The van der Waals surface area contributed by atoms with Gasteiger partial charge < -0.3 is 4.74 Å². The van der Waals surface area contributed by atoms with Crippen molar-refractivity contribution in [1.29, 1.82) is 0 Å². The number of ether oxygens (including phenoxy) is 1. The van der Waals surface area contributed by atoms with Crippen molar-refractivity contribution in [3.63, 3.8) is 0 Å². The average Bonchev–Trinajstić information content (AvgIpc) is 3.13. The first-order valence-electron chi connectivity index (χ1n) is 7.80. The summed E-state index contributed by atoms with van der Waals surface area (Å²) in [7, 11) is 0. The number of aryl methyl sites for hydroxylation is 2. The van der Waals surface area contributed by atoms with Crippen molar-refractivity contribution < 1.29 is 9.13 Å². The molecule has 0 amide bonds. The third-order valence-electron chi connectivity index (χ3n) is 3.75. The Kier molecular flexibility index (Phi) is 5.06. The van der Waals surface area contributed by atoms with Crippen LogP contribution < -0.4 is 0 Å². The van der Waals surface area contributed by atoms with E-state index in [1.54, 1.807) is 0 Å². The fraction of sp³-hybridized carbons (Fsp3) is 0.588. The molecule has 1 N–H and O–H groups in total. The normalized spacial score (nSPS) is 14.8. The lowest BCUT2D eigenvalue weighted by Gasteiger charge is -2.15. The lowest BCUT2D eigenvalue weighted by atomic mass is 9.92. The minimum Gasteiger partial charge on any atom is -0.381 e. The molecular formula is C17H26FN3O. The van der Waals surface area contributed by atoms with Gasteiger partial charge in [-0.2, -0.15) is 5.10 Å². The number of nitrogens with zero attached hydrogens (tertiary/aromatic N) is 2. The minimum absolute atomic E-state index is 0.264. The number of hydrogen-bond donors (Lipinski definition) is 1. The molecule has 0 saturated carbocycles. The Morgan fingerprint density at radius 1 is 1.14 bits per heavy atom. The maximum absolute atomic E-state index is 14.3. The molecule has 0 unspecified atom stereocenters. The highest BCUT2D eigenvalue weighted by Crippen LogP contribution is 2.27. The van der Waals surface area contributed by atoms with Crippen LogP contribution in [0.3, 0.4) is 0 Å². The molecule has 1 saturated heterocycles. The molecule has 2 aromatic heterocycles. The van der Waals surface area contributed by atoms with E-state index in [0.717, 1.165) is 24.6 Å². The molecule has 2 aromatic rings. The predicted molar refractivity (Wildman–Crippen MR) is 86.1 cm³/mol. The minimum atomic E-state index is -0.274. The molecule has 5 heteroatoms. The molecule has 0 aromatic carbocycles. The number of rotatable bonds is 1. The van der Waals surface area contributed by atoms with Gasteiger partial charge in [0.1, 0.15) is 0 Å². The molecule has 122 valence electrons. The van der Waals surface area contributed by atoms with E-state index >= 15 is 0 Å². The summed E-state index contributed by atoms with van der Waals surface area (Å²) in [5.74, 6) is 0.0924. The monoisotopic (exact) mass is 307 g/mol. The molecule has 1 aliphatic heterocycles. The van der Waals surface area contributed by atoms with E-state index in [4.69, 9.17) is 4.74 Å². The molecule has 22 heavy (non-hydrogen) atoms. The van der Waals surface area contributed by atoms with Gasteiger partial charge in [0.15, 0.2) is 11.6 Å². The number of nitrogens with one attached hydrogen (secondary N) is 1. The zero-order valence-corrected chi connectivity index (χ0v) is 14.2. The van der Waals surface area contributed by atoms with Crippen LogP contribution in [-0.2, 0) is 10.2 Å². The van der Waals surface area contributed by atoms with Gasteiger partial charge in [-0.15, -0.1) is 0 Å². The van der Waals surface area contributed by atoms with Crippen molar-refractivity contribution in [1.82, 2.24) is 14.8 Å². The van der Waals surface area contributed by atoms with Crippen molar-refractivity contribution in [3.8, 4) is 5.82 Å². The van der Waals surface area contributed by atoms with E-state index < -0.39 is 0 Å². The molecular weight excluding hydrogens is 281 g/mol. The zero-order valence-electron chi connectivity index (χ0n) is 14.2. The Hall–Kier alpha value is -1.62. The summed E-state index contributed by atoms with van der Waals surface area (Å²) in [4.78, 5) is 0. The van der Waals surface area contributed by atoms with E-state index in [1.807, 2.05) is 51.3 Å². The summed E-state index contributed by atoms with van der Waals surface area (Å²) in [5, 5.41) is 6.92. The second-order valence-electron chi connectivity index (χ2n) is 6.76. The topological polar surface area (TPSA) is 42.8 Å². The van der Waals surface area contributed by atoms with Crippen LogP contribution >= 0.6 is 0 Å². The summed E-state index contributed by atoms with van der Waals surface area (Å²) in [5.41, 5.74) is 2.23. The van der Waals surface area contributed by atoms with Gasteiger partial charge in [0.25, 0.3) is 0 Å². The van der Waals surface area contributed by atoms with Crippen LogP contribution in [0.15, 0.2) is 12.1 Å². The smallest absolute Gasteiger partial charge is 0.195 e. The highest BCUT2D eigenvalue weighted by Gasteiger charge is 2.25. The summed E-state index contributed by atoms with van der Waals surface area (Å²) in [6, 6.07) is 3.92. The standard InChI is InChI=1S/C13H18FN3.C4H8O/c1-8-6-7-9(2)17(8)12-10(14)11(15-16-12)13(3,4)5;1-2-4-5-3-1/h6-7H,1-5H3,(H,15,16);1-4H2. The fourth-order valence-corrected chi connectivity index (χ4v) is 2.48. The highest BCUT2D eigenvalue weighted by molar-refractivity contribution is 5.35. The van der Waals surface area contributed by atoms with Gasteiger partial charge in [0, 0.05) is 30.0 Å². The van der Waals surface area contributed by atoms with E-state index in [9.17, 15) is 4.39 Å². The molecule has 0 atom stereocenters. The molecule has 3 rings (SSSR count). The van der Waals surface area contributed by atoms with Crippen LogP contribution in [0.1, 0.15) is 50.7 Å². The van der Waals surface area contributed by atoms with Gasteiger partial charge in [-0.05, 0) is 38.8 Å². The number of aromatic amines is 1. The second-order valence-corrected chi connectivity index (χ2v) is 6.76. The van der Waals surface area contributed by atoms with Gasteiger partial charge in [-0.1, -0.05) is 20.8 Å². The van der Waals surface area contributed by atoms with Crippen LogP contribution in [0.5, 0.6) is 0 Å². The molecule has 1 fully saturated rings. The largest absolute Gasteiger partial charge is 0.381 e. The van der Waals surface area contributed by atoms with Crippen molar-refractivity contribution in [2.45, 2.75) is 52.9 Å². The average molecular weight is 307 g/mol. The van der Waals surface area contributed by atoms with Crippen molar-refractivity contribution >= 4 is 0 Å². The lowest BCUT2D eigenvalue weighted by molar-refractivity contribution is 0.198. The van der Waals surface area contributed by atoms with Crippen molar-refractivity contribution in [2.75, 3.05) is 13.2 Å². The van der Waals surface area contributed by atoms with Gasteiger partial charge in [-0.25, -0.2) is 4.39 Å². The van der Waals surface area contributed by atoms with Crippen LogP contribution in [0, 0.1) is 19.7 Å². The van der Waals surface area contributed by atoms with Crippen molar-refractivity contribution in [3.05, 3.63) is 35.0 Å². The first-order valence-corrected chi connectivity index (χ1v) is 7.80. The molecule has 0 bridgehead atoms. The van der Waals surface area contributed by atoms with Crippen LogP contribution in [0.4, 0.5) is 4.39 Å². The van der Waals surface area contributed by atoms with Crippen LogP contribution in [0.25, 0.3) is 5.82 Å². The summed E-state index contributed by atoms with van der Waals surface area (Å²) >= 11 is 0. The molecule has 0 spiro atoms. The van der Waals surface area contributed by atoms with Crippen LogP contribution in [-0.4, -0.2) is 28.0 Å². The zero-order chi connectivity index (χ0) is 16.3. The van der Waals surface area contributed by atoms with E-state index in [1.165, 1.54) is 12.8 Å². The van der Waals surface area contributed by atoms with E-state index in [2.05, 4.69) is 10.2 Å². The van der Waals surface area contributed by atoms with Crippen LogP contribution in [0.2, 0.25) is 0 Å². The molecule has 1 aliphatic rings. The Morgan fingerprint density at radius 3 is 2.05 bits per heavy atom. The third kappa shape index (κ3) is 3.58. The summed E-state index contributed by atoms with van der Waals surface area (Å²) in [6.45, 7) is 11.8. The summed E-state index contributed by atoms with van der Waals surface area (Å²) in [6.07, 6.45) is 2.56. The number of H-pyrrole nitrogens is 1. The first-order chi connectivity index (χ1) is 10.3. The van der Waals surface area contributed by atoms with Gasteiger partial charge >= 0.3 is 0 Å². The quantitative estimate of drug-likeness (QED) is 0.863. The second kappa shape index (κ2) is 6.65. The Balaban J connectivity index is 0.000000299. The molecule has 0 radical (unpaired) electrons. The molecule has 4 nitrogen and oxygen atoms in total. The Bertz CT molecular complexity index is 591. The Morgan fingerprint density at radius 2 is 1.68 bits per heavy atom. The van der Waals surface area contributed by atoms with Crippen molar-refractivity contribution in [2.24, 2.45) is 0 Å². The fourth-order valence-electron chi connectivity index (χ4n) is 2.48. The molecule has 3 heterocycles. The SMILES string of the molecule is C1CCOC1.Cc1ccc(C)n1-c1n[nH]c(C(C)(C)C)c1F. The number of aromatic nitrogens is 3. The predicted octanol–water partition coefficient (Wildman–Crippen LogP) is 4.05. The van der Waals surface area contributed by atoms with Gasteiger partial charge in [0.05, 0.1) is 5.69 Å². The van der Waals surface area contributed by atoms with E-state index in [-0.39, 0.29) is 11.2 Å². The highest BCUT2D eigenvalue weighted by atomic mass is 19.1. The molecule has 0 aliphatic carbocycles. The first kappa shape index (κ1) is 16.7. The third-order valence-corrected chi connectivity index (χ3v) is 3.75. The Labute approximate surface area is 131 Å². The lowest BCUT2D eigenvalue weighted by Crippen LogP contribution is -2.14. The number of hydrogen-bond acceptors (Lipinski definition) is 2. The maximum Gasteiger partial charge on any atom is 0.195 e. The van der Waals surface area contributed by atoms with Gasteiger partial charge in [0.2, 0.25) is 0 Å². The summed E-state index contributed by atoms with van der Waals surface area (Å²) < 4.78 is 21.1. The maximum atomic E-state index is 14.3. The number of halogens is 1.